The number of aliphatic hydroxyl groups excluding tert-OH is 1. The third-order valence-corrected chi connectivity index (χ3v) is 3.30. The van der Waals surface area contributed by atoms with Crippen molar-refractivity contribution in [3.05, 3.63) is 29.8 Å². The number of para-hydroxylation sites is 1. The molecule has 1 heterocycles. The maximum atomic E-state index is 12.3. The maximum Gasteiger partial charge on any atom is 0.387 e. The highest BCUT2D eigenvalue weighted by molar-refractivity contribution is 5.97. The molecule has 1 aromatic rings. The molecule has 0 aliphatic carbocycles. The highest BCUT2D eigenvalue weighted by Crippen LogP contribution is 2.23. The molecule has 2 atom stereocenters. The summed E-state index contributed by atoms with van der Waals surface area (Å²) in [6.45, 7) is -2.13. The van der Waals surface area contributed by atoms with Gasteiger partial charge in [0.1, 0.15) is 5.75 Å². The van der Waals surface area contributed by atoms with E-state index in [-0.39, 0.29) is 17.4 Å². The van der Waals surface area contributed by atoms with E-state index < -0.39 is 18.6 Å². The van der Waals surface area contributed by atoms with Gasteiger partial charge in [0.15, 0.2) is 0 Å². The van der Waals surface area contributed by atoms with Crippen LogP contribution in [0.2, 0.25) is 0 Å². The number of nitrogens with one attached hydrogen (secondary N) is 1. The number of amides is 1. The molecule has 1 aliphatic rings. The number of β-amino-alcohol motifs (C(OH)–C–C–N with tert-alkyl or cyclic N) is 1. The Morgan fingerprint density at radius 2 is 2.15 bits per heavy atom. The van der Waals surface area contributed by atoms with Gasteiger partial charge >= 0.3 is 6.61 Å². The largest absolute Gasteiger partial charge is 0.434 e. The van der Waals surface area contributed by atoms with E-state index in [1.807, 2.05) is 0 Å². The molecule has 5 nitrogen and oxygen atoms in total. The minimum absolute atomic E-state index is 0.0504. The van der Waals surface area contributed by atoms with Gasteiger partial charge < -0.3 is 20.1 Å². The van der Waals surface area contributed by atoms with E-state index in [2.05, 4.69) is 10.1 Å². The lowest BCUT2D eigenvalue weighted by Crippen LogP contribution is -2.44. The summed E-state index contributed by atoms with van der Waals surface area (Å²) in [4.78, 5) is 13.7. The van der Waals surface area contributed by atoms with Crippen molar-refractivity contribution in [2.45, 2.75) is 18.8 Å². The third kappa shape index (κ3) is 3.05. The summed E-state index contributed by atoms with van der Waals surface area (Å²) in [6, 6.07) is 5.44. The molecule has 1 aliphatic heterocycles. The maximum absolute atomic E-state index is 12.3. The lowest BCUT2D eigenvalue weighted by Gasteiger charge is -2.27. The number of aliphatic hydroxyl groups is 1. The molecular formula is C13H16F2N2O3. The van der Waals surface area contributed by atoms with E-state index in [1.165, 1.54) is 30.1 Å². The van der Waals surface area contributed by atoms with Crippen LogP contribution in [0.15, 0.2) is 24.3 Å². The van der Waals surface area contributed by atoms with Crippen LogP contribution in [-0.4, -0.2) is 54.8 Å². The summed E-state index contributed by atoms with van der Waals surface area (Å²) in [5.74, 6) is -0.631. The molecule has 0 radical (unpaired) electrons. The fourth-order valence-electron chi connectivity index (χ4n) is 2.23. The van der Waals surface area contributed by atoms with Crippen molar-refractivity contribution in [1.82, 2.24) is 10.2 Å². The predicted molar refractivity (Wildman–Crippen MR) is 67.8 cm³/mol. The second kappa shape index (κ2) is 6.15. The quantitative estimate of drug-likeness (QED) is 0.855. The number of hydrogen-bond acceptors (Lipinski definition) is 4. The second-order valence-corrected chi connectivity index (χ2v) is 4.58. The molecule has 0 aromatic heterocycles. The van der Waals surface area contributed by atoms with Gasteiger partial charge in [-0.3, -0.25) is 4.79 Å². The van der Waals surface area contributed by atoms with Crippen molar-refractivity contribution in [2.75, 3.05) is 20.1 Å². The van der Waals surface area contributed by atoms with E-state index in [0.29, 0.717) is 13.1 Å². The topological polar surface area (TPSA) is 61.8 Å². The van der Waals surface area contributed by atoms with E-state index in [9.17, 15) is 18.7 Å². The average Bonchev–Trinajstić information content (AvgIpc) is 2.83. The molecule has 0 spiro atoms. The Balaban J connectivity index is 2.20. The minimum Gasteiger partial charge on any atom is -0.434 e. The zero-order valence-electron chi connectivity index (χ0n) is 10.9. The van der Waals surface area contributed by atoms with Crippen molar-refractivity contribution in [1.29, 1.82) is 0 Å². The van der Waals surface area contributed by atoms with Crippen LogP contribution in [0.3, 0.4) is 0 Å². The van der Waals surface area contributed by atoms with Crippen LogP contribution in [0.25, 0.3) is 0 Å². The van der Waals surface area contributed by atoms with Gasteiger partial charge in [0, 0.05) is 20.1 Å². The van der Waals surface area contributed by atoms with Gasteiger partial charge in [-0.25, -0.2) is 0 Å². The molecule has 20 heavy (non-hydrogen) atoms. The van der Waals surface area contributed by atoms with Crippen LogP contribution in [0.4, 0.5) is 8.78 Å². The first-order valence-electron chi connectivity index (χ1n) is 6.20. The normalized spacial score (nSPS) is 22.1. The van der Waals surface area contributed by atoms with Gasteiger partial charge in [-0.2, -0.15) is 8.78 Å². The number of rotatable bonds is 4. The van der Waals surface area contributed by atoms with Crippen molar-refractivity contribution in [2.24, 2.45) is 0 Å². The molecule has 110 valence electrons. The number of carbonyl (C=O) groups is 1. The van der Waals surface area contributed by atoms with Crippen molar-refractivity contribution < 1.29 is 23.4 Å². The third-order valence-electron chi connectivity index (χ3n) is 3.30. The number of benzene rings is 1. The molecule has 2 rings (SSSR count). The molecular weight excluding hydrogens is 270 g/mol. The molecule has 1 fully saturated rings. The van der Waals surface area contributed by atoms with Crippen molar-refractivity contribution in [3.8, 4) is 5.75 Å². The molecule has 1 saturated heterocycles. The number of alkyl halides is 2. The Labute approximate surface area is 115 Å². The fourth-order valence-corrected chi connectivity index (χ4v) is 2.23. The van der Waals surface area contributed by atoms with Gasteiger partial charge in [0.2, 0.25) is 0 Å². The lowest BCUT2D eigenvalue weighted by atomic mass is 10.1. The van der Waals surface area contributed by atoms with E-state index in [0.717, 1.165) is 0 Å². The first kappa shape index (κ1) is 14.7. The zero-order chi connectivity index (χ0) is 14.7. The highest BCUT2D eigenvalue weighted by Gasteiger charge is 2.32. The van der Waals surface area contributed by atoms with Crippen LogP contribution >= 0.6 is 0 Å². The molecule has 0 saturated carbocycles. The van der Waals surface area contributed by atoms with Crippen molar-refractivity contribution in [3.63, 3.8) is 0 Å². The predicted octanol–water partition coefficient (Wildman–Crippen LogP) is 0.693. The summed E-state index contributed by atoms with van der Waals surface area (Å²) < 4.78 is 29.0. The number of ether oxygens (including phenoxy) is 1. The van der Waals surface area contributed by atoms with Crippen LogP contribution < -0.4 is 10.1 Å². The van der Waals surface area contributed by atoms with Crippen LogP contribution in [0.1, 0.15) is 10.4 Å². The fraction of sp³-hybridized carbons (Fsp3) is 0.462. The molecule has 7 heteroatoms. The highest BCUT2D eigenvalue weighted by atomic mass is 19.3. The Kier molecular flexibility index (Phi) is 4.51. The molecule has 1 aromatic carbocycles. The molecule has 0 unspecified atom stereocenters. The van der Waals surface area contributed by atoms with E-state index >= 15 is 0 Å². The SMILES string of the molecule is CN(C(=O)c1ccccc1OC(F)F)[C@H]1CNC[C@@H]1O. The van der Waals surface area contributed by atoms with Crippen LogP contribution in [-0.2, 0) is 0 Å². The average molecular weight is 286 g/mol. The van der Waals surface area contributed by atoms with Gasteiger partial charge in [-0.15, -0.1) is 0 Å². The van der Waals surface area contributed by atoms with E-state index in [1.54, 1.807) is 6.07 Å². The van der Waals surface area contributed by atoms with Gasteiger partial charge in [0.25, 0.3) is 5.91 Å². The first-order valence-corrected chi connectivity index (χ1v) is 6.20. The Morgan fingerprint density at radius 3 is 2.75 bits per heavy atom. The zero-order valence-corrected chi connectivity index (χ0v) is 10.9. The van der Waals surface area contributed by atoms with Gasteiger partial charge in [0.05, 0.1) is 17.7 Å². The first-order chi connectivity index (χ1) is 9.50. The molecule has 0 bridgehead atoms. The smallest absolute Gasteiger partial charge is 0.387 e. The number of halogens is 2. The summed E-state index contributed by atoms with van der Waals surface area (Å²) in [7, 11) is 1.53. The second-order valence-electron chi connectivity index (χ2n) is 4.58. The summed E-state index contributed by atoms with van der Waals surface area (Å²) in [5.41, 5.74) is 0.0504. The Hall–Kier alpha value is -1.73. The molecule has 2 N–H and O–H groups in total. The number of nitrogens with zero attached hydrogens (tertiary/aromatic N) is 1. The number of likely N-dealkylation sites (N-methyl/N-ethyl adjacent to an activating group) is 1. The van der Waals surface area contributed by atoms with Crippen molar-refractivity contribution >= 4 is 5.91 Å². The minimum atomic E-state index is -2.99. The lowest BCUT2D eigenvalue weighted by molar-refractivity contribution is -0.0503. The van der Waals surface area contributed by atoms with Crippen LogP contribution in [0.5, 0.6) is 5.75 Å². The van der Waals surface area contributed by atoms with E-state index in [4.69, 9.17) is 0 Å². The van der Waals surface area contributed by atoms with Crippen LogP contribution in [0, 0.1) is 0 Å². The standard InChI is InChI=1S/C13H16F2N2O3/c1-17(9-6-16-7-10(9)18)12(19)8-4-2-3-5-11(8)20-13(14)15/h2-5,9-10,13,16,18H,6-7H2,1H3/t9-,10-/m0/s1. The number of hydrogen-bond donors (Lipinski definition) is 2. The molecule has 1 amide bonds. The Bertz CT molecular complexity index is 484. The summed E-state index contributed by atoms with van der Waals surface area (Å²) >= 11 is 0. The summed E-state index contributed by atoms with van der Waals surface area (Å²) in [6.07, 6.45) is -0.674. The number of carbonyl (C=O) groups excluding carboxylic acids is 1. The Morgan fingerprint density at radius 1 is 1.45 bits per heavy atom. The van der Waals surface area contributed by atoms with Gasteiger partial charge in [-0.1, -0.05) is 12.1 Å². The summed E-state index contributed by atoms with van der Waals surface area (Å²) in [5, 5.41) is 12.7. The monoisotopic (exact) mass is 286 g/mol. The van der Waals surface area contributed by atoms with Gasteiger partial charge in [-0.05, 0) is 12.1 Å².